The van der Waals surface area contributed by atoms with Gasteiger partial charge in [-0.1, -0.05) is 0 Å². The van der Waals surface area contributed by atoms with Crippen molar-refractivity contribution in [1.29, 1.82) is 0 Å². The van der Waals surface area contributed by atoms with E-state index in [-0.39, 0.29) is 6.10 Å². The first-order chi connectivity index (χ1) is 3.79. The first kappa shape index (κ1) is 5.48. The average molecular weight is 114 g/mol. The second kappa shape index (κ2) is 2.07. The van der Waals surface area contributed by atoms with Crippen molar-refractivity contribution in [1.82, 2.24) is 0 Å². The van der Waals surface area contributed by atoms with E-state index < -0.39 is 0 Å². The highest BCUT2D eigenvalue weighted by Crippen LogP contribution is 2.06. The highest BCUT2D eigenvalue weighted by Gasteiger charge is 2.06. The predicted octanol–water partition coefficient (Wildman–Crippen LogP) is 1.28. The van der Waals surface area contributed by atoms with Crippen LogP contribution in [-0.4, -0.2) is 12.7 Å². The third-order valence-corrected chi connectivity index (χ3v) is 1.01. The third kappa shape index (κ3) is 1.15. The van der Waals surface area contributed by atoms with Gasteiger partial charge in [-0.15, -0.1) is 0 Å². The zero-order valence-corrected chi connectivity index (χ0v) is 5.18. The maximum Gasteiger partial charge on any atom is 0.129 e. The van der Waals surface area contributed by atoms with Crippen molar-refractivity contribution >= 4 is 0 Å². The lowest BCUT2D eigenvalue weighted by Gasteiger charge is -2.18. The van der Waals surface area contributed by atoms with Crippen molar-refractivity contribution in [2.75, 3.05) is 6.61 Å². The summed E-state index contributed by atoms with van der Waals surface area (Å²) < 4.78 is 10.2. The Balaban J connectivity index is 2.42. The molecule has 1 rings (SSSR count). The van der Waals surface area contributed by atoms with Crippen molar-refractivity contribution in [3.8, 4) is 0 Å². The van der Waals surface area contributed by atoms with Crippen molar-refractivity contribution in [2.24, 2.45) is 0 Å². The van der Waals surface area contributed by atoms with Gasteiger partial charge in [-0.25, -0.2) is 0 Å². The van der Waals surface area contributed by atoms with Gasteiger partial charge in [0, 0.05) is 0 Å². The number of allylic oxidation sites excluding steroid dienone is 1. The molecule has 0 radical (unpaired) electrons. The van der Waals surface area contributed by atoms with Crippen molar-refractivity contribution in [3.05, 3.63) is 12.0 Å². The molecule has 8 heavy (non-hydrogen) atoms. The monoisotopic (exact) mass is 114 g/mol. The highest BCUT2D eigenvalue weighted by molar-refractivity contribution is 4.85. The summed E-state index contributed by atoms with van der Waals surface area (Å²) in [5.41, 5.74) is 0. The SMILES string of the molecule is CC1=COC(C)CO1. The number of hydrogen-bond donors (Lipinski definition) is 0. The second-order valence-corrected chi connectivity index (χ2v) is 1.99. The van der Waals surface area contributed by atoms with Gasteiger partial charge in [-0.2, -0.15) is 0 Å². The summed E-state index contributed by atoms with van der Waals surface area (Å²) >= 11 is 0. The lowest BCUT2D eigenvalue weighted by Crippen LogP contribution is -2.17. The maximum atomic E-state index is 5.13. The first-order valence-electron chi connectivity index (χ1n) is 2.74. The summed E-state index contributed by atoms with van der Waals surface area (Å²) in [6.07, 6.45) is 1.87. The smallest absolute Gasteiger partial charge is 0.129 e. The van der Waals surface area contributed by atoms with Gasteiger partial charge in [0.1, 0.15) is 24.7 Å². The molecule has 0 saturated heterocycles. The molecule has 0 spiro atoms. The summed E-state index contributed by atoms with van der Waals surface area (Å²) in [7, 11) is 0. The summed E-state index contributed by atoms with van der Waals surface area (Å²) in [6.45, 7) is 4.54. The Morgan fingerprint density at radius 2 is 2.50 bits per heavy atom. The molecule has 0 aromatic carbocycles. The van der Waals surface area contributed by atoms with E-state index in [4.69, 9.17) is 9.47 Å². The summed E-state index contributed by atoms with van der Waals surface area (Å²) in [5.74, 6) is 0.864. The van der Waals surface area contributed by atoms with E-state index in [9.17, 15) is 0 Å². The lowest BCUT2D eigenvalue weighted by molar-refractivity contribution is 0.0284. The van der Waals surface area contributed by atoms with Crippen molar-refractivity contribution in [2.45, 2.75) is 20.0 Å². The van der Waals surface area contributed by atoms with Crippen LogP contribution in [0.15, 0.2) is 12.0 Å². The van der Waals surface area contributed by atoms with Gasteiger partial charge >= 0.3 is 0 Å². The van der Waals surface area contributed by atoms with Crippen LogP contribution >= 0.6 is 0 Å². The minimum atomic E-state index is 0.221. The van der Waals surface area contributed by atoms with Crippen LogP contribution in [0.1, 0.15) is 13.8 Å². The van der Waals surface area contributed by atoms with E-state index in [1.165, 1.54) is 0 Å². The largest absolute Gasteiger partial charge is 0.491 e. The van der Waals surface area contributed by atoms with Gasteiger partial charge in [0.25, 0.3) is 0 Å². The number of ether oxygens (including phenoxy) is 2. The second-order valence-electron chi connectivity index (χ2n) is 1.99. The van der Waals surface area contributed by atoms with Gasteiger partial charge in [-0.3, -0.25) is 0 Å². The fraction of sp³-hybridized carbons (Fsp3) is 0.667. The fourth-order valence-corrected chi connectivity index (χ4v) is 0.534. The van der Waals surface area contributed by atoms with Crippen LogP contribution in [0.5, 0.6) is 0 Å². The maximum absolute atomic E-state index is 5.13. The summed E-state index contributed by atoms with van der Waals surface area (Å²) in [6, 6.07) is 0. The predicted molar refractivity (Wildman–Crippen MR) is 30.3 cm³/mol. The molecular formula is C6H10O2. The van der Waals surface area contributed by atoms with Crippen molar-refractivity contribution < 1.29 is 9.47 Å². The van der Waals surface area contributed by atoms with Crippen molar-refractivity contribution in [3.63, 3.8) is 0 Å². The minimum absolute atomic E-state index is 0.221. The van der Waals surface area contributed by atoms with E-state index in [1.807, 2.05) is 13.8 Å². The van der Waals surface area contributed by atoms with E-state index in [0.717, 1.165) is 5.76 Å². The molecule has 0 fully saturated rings. The molecule has 0 saturated carbocycles. The molecule has 46 valence electrons. The Labute approximate surface area is 49.1 Å². The zero-order valence-electron chi connectivity index (χ0n) is 5.18. The molecule has 1 unspecified atom stereocenters. The third-order valence-electron chi connectivity index (χ3n) is 1.01. The molecule has 0 aromatic rings. The molecule has 2 heteroatoms. The molecule has 2 nitrogen and oxygen atoms in total. The molecule has 0 aliphatic carbocycles. The van der Waals surface area contributed by atoms with Crippen LogP contribution < -0.4 is 0 Å². The Bertz CT molecular complexity index is 107. The standard InChI is InChI=1S/C6H10O2/c1-5-3-8-6(2)4-7-5/h3,6H,4H2,1-2H3. The summed E-state index contributed by atoms with van der Waals surface area (Å²) in [5, 5.41) is 0. The fourth-order valence-electron chi connectivity index (χ4n) is 0.534. The molecular weight excluding hydrogens is 104 g/mol. The van der Waals surface area contributed by atoms with E-state index >= 15 is 0 Å². The van der Waals surface area contributed by atoms with Crippen LogP contribution in [0.4, 0.5) is 0 Å². The topological polar surface area (TPSA) is 18.5 Å². The highest BCUT2D eigenvalue weighted by atomic mass is 16.6. The van der Waals surface area contributed by atoms with Crippen LogP contribution in [0.25, 0.3) is 0 Å². The molecule has 0 amide bonds. The normalized spacial score (nSPS) is 27.8. The van der Waals surface area contributed by atoms with Gasteiger partial charge in [-0.05, 0) is 13.8 Å². The van der Waals surface area contributed by atoms with Crippen LogP contribution in [0.3, 0.4) is 0 Å². The Hall–Kier alpha value is -0.660. The Kier molecular flexibility index (Phi) is 1.42. The molecule has 0 bridgehead atoms. The Morgan fingerprint density at radius 1 is 1.75 bits per heavy atom. The first-order valence-corrected chi connectivity index (χ1v) is 2.74. The molecule has 1 aliphatic heterocycles. The van der Waals surface area contributed by atoms with Gasteiger partial charge < -0.3 is 9.47 Å². The number of hydrogen-bond acceptors (Lipinski definition) is 2. The van der Waals surface area contributed by atoms with E-state index in [2.05, 4.69) is 0 Å². The van der Waals surface area contributed by atoms with E-state index in [1.54, 1.807) is 6.26 Å². The molecule has 1 aliphatic rings. The molecule has 1 heterocycles. The lowest BCUT2D eigenvalue weighted by atomic mass is 10.4. The van der Waals surface area contributed by atoms with Gasteiger partial charge in [0.2, 0.25) is 0 Å². The quantitative estimate of drug-likeness (QED) is 0.472. The molecule has 0 N–H and O–H groups in total. The average Bonchev–Trinajstić information content (AvgIpc) is 1.77. The van der Waals surface area contributed by atoms with Crippen LogP contribution in [0.2, 0.25) is 0 Å². The Morgan fingerprint density at radius 3 is 2.88 bits per heavy atom. The van der Waals surface area contributed by atoms with Crippen LogP contribution in [-0.2, 0) is 9.47 Å². The molecule has 0 aromatic heterocycles. The molecule has 1 atom stereocenters. The van der Waals surface area contributed by atoms with Gasteiger partial charge in [0.05, 0.1) is 0 Å². The number of rotatable bonds is 0. The van der Waals surface area contributed by atoms with E-state index in [0.29, 0.717) is 6.61 Å². The zero-order chi connectivity index (χ0) is 5.98. The minimum Gasteiger partial charge on any atom is -0.491 e. The van der Waals surface area contributed by atoms with Crippen LogP contribution in [0, 0.1) is 0 Å². The summed E-state index contributed by atoms with van der Waals surface area (Å²) in [4.78, 5) is 0. The van der Waals surface area contributed by atoms with Gasteiger partial charge in [0.15, 0.2) is 0 Å².